The first-order valence-corrected chi connectivity index (χ1v) is 5.20. The minimum Gasteiger partial charge on any atom is -0.348 e. The second-order valence-electron chi connectivity index (χ2n) is 3.67. The van der Waals surface area contributed by atoms with Crippen LogP contribution in [0.1, 0.15) is 33.1 Å². The van der Waals surface area contributed by atoms with Gasteiger partial charge in [0.25, 0.3) is 0 Å². The van der Waals surface area contributed by atoms with E-state index in [9.17, 15) is 0 Å². The van der Waals surface area contributed by atoms with Gasteiger partial charge in [0.1, 0.15) is 0 Å². The Morgan fingerprint density at radius 1 is 1.42 bits per heavy atom. The van der Waals surface area contributed by atoms with Gasteiger partial charge in [0.05, 0.1) is 12.7 Å². The predicted octanol–water partition coefficient (Wildman–Crippen LogP) is 2.24. The fraction of sp³-hybridized carbons (Fsp3) is 1.00. The Morgan fingerprint density at radius 3 is 2.67 bits per heavy atom. The molecular formula is C9H18O2S. The first-order valence-electron chi connectivity index (χ1n) is 4.57. The molecule has 1 atom stereocenters. The van der Waals surface area contributed by atoms with Crippen LogP contribution in [0.25, 0.3) is 0 Å². The van der Waals surface area contributed by atoms with Gasteiger partial charge in [-0.3, -0.25) is 0 Å². The molecule has 1 rings (SSSR count). The van der Waals surface area contributed by atoms with Crippen LogP contribution in [-0.4, -0.2) is 24.3 Å². The average molecular weight is 190 g/mol. The number of rotatable bonds is 4. The van der Waals surface area contributed by atoms with Crippen LogP contribution in [0.4, 0.5) is 0 Å². The van der Waals surface area contributed by atoms with Gasteiger partial charge in [-0.15, -0.1) is 0 Å². The Balaban J connectivity index is 2.11. The lowest BCUT2D eigenvalue weighted by molar-refractivity contribution is -0.139. The summed E-state index contributed by atoms with van der Waals surface area (Å²) in [5.41, 5.74) is 0. The van der Waals surface area contributed by atoms with E-state index in [0.29, 0.717) is 6.10 Å². The Bertz CT molecular complexity index is 136. The summed E-state index contributed by atoms with van der Waals surface area (Å²) < 4.78 is 11.1. The van der Waals surface area contributed by atoms with Crippen LogP contribution >= 0.6 is 12.6 Å². The van der Waals surface area contributed by atoms with Crippen molar-refractivity contribution >= 4 is 12.6 Å². The van der Waals surface area contributed by atoms with Gasteiger partial charge >= 0.3 is 0 Å². The van der Waals surface area contributed by atoms with Crippen LogP contribution in [0, 0.1) is 0 Å². The standard InChI is InChI=1S/C9H18O2S/c1-9(2)10-7-8(11-9)5-3-4-6-12/h8,12H,3-7H2,1-2H3. The Morgan fingerprint density at radius 2 is 2.17 bits per heavy atom. The molecule has 0 amide bonds. The van der Waals surface area contributed by atoms with E-state index in [0.717, 1.165) is 18.8 Å². The first kappa shape index (κ1) is 10.4. The summed E-state index contributed by atoms with van der Waals surface area (Å²) in [4.78, 5) is 0. The van der Waals surface area contributed by atoms with Crippen LogP contribution < -0.4 is 0 Å². The smallest absolute Gasteiger partial charge is 0.163 e. The molecule has 0 N–H and O–H groups in total. The zero-order valence-corrected chi connectivity index (χ0v) is 8.77. The molecule has 0 saturated carbocycles. The maximum Gasteiger partial charge on any atom is 0.163 e. The van der Waals surface area contributed by atoms with E-state index in [1.165, 1.54) is 12.8 Å². The van der Waals surface area contributed by atoms with E-state index in [-0.39, 0.29) is 5.79 Å². The average Bonchev–Trinajstić information content (AvgIpc) is 2.31. The summed E-state index contributed by atoms with van der Waals surface area (Å²) in [6, 6.07) is 0. The Labute approximate surface area is 80.0 Å². The molecule has 72 valence electrons. The fourth-order valence-electron chi connectivity index (χ4n) is 1.39. The lowest BCUT2D eigenvalue weighted by atomic mass is 10.2. The molecule has 0 aliphatic carbocycles. The van der Waals surface area contributed by atoms with Gasteiger partial charge in [-0.2, -0.15) is 12.6 Å². The highest BCUT2D eigenvalue weighted by Crippen LogP contribution is 2.24. The Hall–Kier alpha value is 0.270. The molecule has 1 aliphatic heterocycles. The van der Waals surface area contributed by atoms with Crippen molar-refractivity contribution in [1.82, 2.24) is 0 Å². The van der Waals surface area contributed by atoms with Crippen LogP contribution in [0.2, 0.25) is 0 Å². The lowest BCUT2D eigenvalue weighted by Gasteiger charge is -2.16. The third kappa shape index (κ3) is 3.33. The van der Waals surface area contributed by atoms with Crippen molar-refractivity contribution < 1.29 is 9.47 Å². The van der Waals surface area contributed by atoms with Gasteiger partial charge < -0.3 is 9.47 Å². The number of thiol groups is 1. The molecule has 12 heavy (non-hydrogen) atoms. The van der Waals surface area contributed by atoms with Crippen LogP contribution in [0.15, 0.2) is 0 Å². The largest absolute Gasteiger partial charge is 0.348 e. The van der Waals surface area contributed by atoms with Crippen molar-refractivity contribution in [2.75, 3.05) is 12.4 Å². The topological polar surface area (TPSA) is 18.5 Å². The van der Waals surface area contributed by atoms with E-state index < -0.39 is 0 Å². The van der Waals surface area contributed by atoms with Crippen molar-refractivity contribution in [3.05, 3.63) is 0 Å². The highest BCUT2D eigenvalue weighted by Gasteiger charge is 2.31. The summed E-state index contributed by atoms with van der Waals surface area (Å²) in [5, 5.41) is 0. The molecule has 1 fully saturated rings. The normalized spacial score (nSPS) is 27.8. The van der Waals surface area contributed by atoms with Crippen molar-refractivity contribution in [1.29, 1.82) is 0 Å². The first-order chi connectivity index (χ1) is 5.64. The molecule has 0 bridgehead atoms. The summed E-state index contributed by atoms with van der Waals surface area (Å²) in [7, 11) is 0. The fourth-order valence-corrected chi connectivity index (χ4v) is 1.61. The molecular weight excluding hydrogens is 172 g/mol. The van der Waals surface area contributed by atoms with Crippen molar-refractivity contribution in [3.8, 4) is 0 Å². The highest BCUT2D eigenvalue weighted by molar-refractivity contribution is 7.80. The van der Waals surface area contributed by atoms with Gasteiger partial charge in [-0.25, -0.2) is 0 Å². The van der Waals surface area contributed by atoms with Gasteiger partial charge in [0.2, 0.25) is 0 Å². The number of hydrogen-bond acceptors (Lipinski definition) is 3. The van der Waals surface area contributed by atoms with Gasteiger partial charge in [0, 0.05) is 0 Å². The second-order valence-corrected chi connectivity index (χ2v) is 4.12. The maximum absolute atomic E-state index is 5.65. The minimum atomic E-state index is -0.356. The molecule has 0 aromatic heterocycles. The van der Waals surface area contributed by atoms with Crippen molar-refractivity contribution in [2.45, 2.75) is 45.0 Å². The van der Waals surface area contributed by atoms with Crippen molar-refractivity contribution in [3.63, 3.8) is 0 Å². The molecule has 0 aromatic carbocycles. The van der Waals surface area contributed by atoms with E-state index in [1.54, 1.807) is 0 Å². The summed E-state index contributed by atoms with van der Waals surface area (Å²) >= 11 is 4.16. The quantitative estimate of drug-likeness (QED) is 0.541. The molecule has 2 nitrogen and oxygen atoms in total. The van der Waals surface area contributed by atoms with Crippen LogP contribution in [0.5, 0.6) is 0 Å². The molecule has 1 saturated heterocycles. The minimum absolute atomic E-state index is 0.305. The number of hydrogen-bond donors (Lipinski definition) is 1. The third-order valence-corrected chi connectivity index (χ3v) is 2.32. The monoisotopic (exact) mass is 190 g/mol. The molecule has 0 spiro atoms. The second kappa shape index (κ2) is 4.49. The zero-order valence-electron chi connectivity index (χ0n) is 7.88. The van der Waals surface area contributed by atoms with E-state index in [4.69, 9.17) is 9.47 Å². The van der Waals surface area contributed by atoms with E-state index in [2.05, 4.69) is 12.6 Å². The van der Waals surface area contributed by atoms with Gasteiger partial charge in [-0.05, 0) is 38.9 Å². The summed E-state index contributed by atoms with van der Waals surface area (Å²) in [6.45, 7) is 4.68. The maximum atomic E-state index is 5.65. The van der Waals surface area contributed by atoms with E-state index in [1.807, 2.05) is 13.8 Å². The SMILES string of the molecule is CC1(C)OCC(CCCCS)O1. The molecule has 1 aliphatic rings. The summed E-state index contributed by atoms with van der Waals surface area (Å²) in [6.07, 6.45) is 3.76. The van der Waals surface area contributed by atoms with Gasteiger partial charge in [-0.1, -0.05) is 0 Å². The lowest BCUT2D eigenvalue weighted by Crippen LogP contribution is -2.21. The molecule has 1 heterocycles. The highest BCUT2D eigenvalue weighted by atomic mass is 32.1. The summed E-state index contributed by atoms with van der Waals surface area (Å²) in [5.74, 6) is 0.614. The number of unbranched alkanes of at least 4 members (excludes halogenated alkanes) is 1. The van der Waals surface area contributed by atoms with Crippen LogP contribution in [-0.2, 0) is 9.47 Å². The molecule has 1 unspecified atom stereocenters. The molecule has 3 heteroatoms. The Kier molecular flexibility index (Phi) is 3.87. The van der Waals surface area contributed by atoms with Gasteiger partial charge in [0.15, 0.2) is 5.79 Å². The van der Waals surface area contributed by atoms with Crippen molar-refractivity contribution in [2.24, 2.45) is 0 Å². The predicted molar refractivity (Wildman–Crippen MR) is 52.6 cm³/mol. The third-order valence-electron chi connectivity index (χ3n) is 2.00. The number of ether oxygens (including phenoxy) is 2. The van der Waals surface area contributed by atoms with E-state index >= 15 is 0 Å². The molecule has 0 radical (unpaired) electrons. The molecule has 0 aromatic rings. The van der Waals surface area contributed by atoms with Crippen LogP contribution in [0.3, 0.4) is 0 Å². The zero-order chi connectivity index (χ0) is 9.03.